The molecule has 0 spiro atoms. The number of hydrogen-bond donors (Lipinski definition) is 1. The first-order valence-corrected chi connectivity index (χ1v) is 7.19. The average molecular weight is 261 g/mol. The molecule has 1 unspecified atom stereocenters. The van der Waals surface area contributed by atoms with E-state index >= 15 is 0 Å². The highest BCUT2D eigenvalue weighted by Crippen LogP contribution is 2.18. The summed E-state index contributed by atoms with van der Waals surface area (Å²) in [5.74, 6) is 0.305. The van der Waals surface area contributed by atoms with Crippen LogP contribution in [-0.2, 0) is 22.5 Å². The van der Waals surface area contributed by atoms with Crippen LogP contribution in [0.2, 0.25) is 0 Å². The SMILES string of the molecule is NCc1ccccc1CC(=O)CCCC1CCCO1. The molecule has 2 rings (SSSR count). The molecule has 1 aliphatic heterocycles. The van der Waals surface area contributed by atoms with Crippen LogP contribution in [0.25, 0.3) is 0 Å². The zero-order chi connectivity index (χ0) is 13.5. The van der Waals surface area contributed by atoms with E-state index in [-0.39, 0.29) is 0 Å². The Balaban J connectivity index is 1.74. The summed E-state index contributed by atoms with van der Waals surface area (Å²) in [6, 6.07) is 7.93. The number of benzene rings is 1. The number of hydrogen-bond acceptors (Lipinski definition) is 3. The third-order valence-electron chi connectivity index (χ3n) is 3.73. The van der Waals surface area contributed by atoms with Gasteiger partial charge in [-0.05, 0) is 36.8 Å². The van der Waals surface area contributed by atoms with Crippen molar-refractivity contribution >= 4 is 5.78 Å². The van der Waals surface area contributed by atoms with Crippen LogP contribution in [0.15, 0.2) is 24.3 Å². The van der Waals surface area contributed by atoms with Crippen molar-refractivity contribution in [3.05, 3.63) is 35.4 Å². The number of ketones is 1. The summed E-state index contributed by atoms with van der Waals surface area (Å²) < 4.78 is 5.56. The summed E-state index contributed by atoms with van der Waals surface area (Å²) in [5.41, 5.74) is 7.84. The highest BCUT2D eigenvalue weighted by atomic mass is 16.5. The summed E-state index contributed by atoms with van der Waals surface area (Å²) in [6.45, 7) is 1.39. The number of carbonyl (C=O) groups is 1. The molecule has 1 fully saturated rings. The topological polar surface area (TPSA) is 52.3 Å². The van der Waals surface area contributed by atoms with Crippen LogP contribution in [0, 0.1) is 0 Å². The molecule has 1 heterocycles. The summed E-state index contributed by atoms with van der Waals surface area (Å²) >= 11 is 0. The third-order valence-corrected chi connectivity index (χ3v) is 3.73. The number of carbonyl (C=O) groups excluding carboxylic acids is 1. The van der Waals surface area contributed by atoms with Crippen LogP contribution in [0.1, 0.15) is 43.2 Å². The van der Waals surface area contributed by atoms with Crippen molar-refractivity contribution in [3.63, 3.8) is 0 Å². The third kappa shape index (κ3) is 4.44. The lowest BCUT2D eigenvalue weighted by atomic mass is 9.99. The lowest BCUT2D eigenvalue weighted by Gasteiger charge is -2.09. The van der Waals surface area contributed by atoms with Crippen molar-refractivity contribution in [1.29, 1.82) is 0 Å². The zero-order valence-electron chi connectivity index (χ0n) is 11.4. The van der Waals surface area contributed by atoms with Crippen molar-refractivity contribution in [3.8, 4) is 0 Å². The molecule has 1 atom stereocenters. The predicted molar refractivity (Wildman–Crippen MR) is 75.9 cm³/mol. The van der Waals surface area contributed by atoms with Crippen molar-refractivity contribution in [2.24, 2.45) is 5.73 Å². The number of rotatable bonds is 7. The van der Waals surface area contributed by atoms with Crippen LogP contribution in [0.5, 0.6) is 0 Å². The van der Waals surface area contributed by atoms with E-state index in [1.54, 1.807) is 0 Å². The van der Waals surface area contributed by atoms with E-state index in [9.17, 15) is 4.79 Å². The van der Waals surface area contributed by atoms with Crippen molar-refractivity contribution in [1.82, 2.24) is 0 Å². The maximum atomic E-state index is 12.0. The second-order valence-corrected chi connectivity index (χ2v) is 5.22. The van der Waals surface area contributed by atoms with Crippen LogP contribution in [-0.4, -0.2) is 18.5 Å². The monoisotopic (exact) mass is 261 g/mol. The molecular formula is C16H23NO2. The molecule has 0 aliphatic carbocycles. The van der Waals surface area contributed by atoms with Gasteiger partial charge >= 0.3 is 0 Å². The number of ether oxygens (including phenoxy) is 1. The van der Waals surface area contributed by atoms with Gasteiger partial charge in [0.1, 0.15) is 5.78 Å². The van der Waals surface area contributed by atoms with E-state index < -0.39 is 0 Å². The Morgan fingerprint density at radius 2 is 2.11 bits per heavy atom. The van der Waals surface area contributed by atoms with Gasteiger partial charge in [-0.2, -0.15) is 0 Å². The fraction of sp³-hybridized carbons (Fsp3) is 0.562. The smallest absolute Gasteiger partial charge is 0.137 e. The molecule has 3 heteroatoms. The Bertz CT molecular complexity index is 411. The van der Waals surface area contributed by atoms with Gasteiger partial charge in [0.15, 0.2) is 0 Å². The Hall–Kier alpha value is -1.19. The van der Waals surface area contributed by atoms with Crippen molar-refractivity contribution in [2.75, 3.05) is 6.61 Å². The average Bonchev–Trinajstić information content (AvgIpc) is 2.92. The first kappa shape index (κ1) is 14.2. The van der Waals surface area contributed by atoms with Crippen molar-refractivity contribution in [2.45, 2.75) is 51.2 Å². The lowest BCUT2D eigenvalue weighted by Crippen LogP contribution is -2.09. The lowest BCUT2D eigenvalue weighted by molar-refractivity contribution is -0.118. The highest BCUT2D eigenvalue weighted by molar-refractivity contribution is 5.81. The molecule has 1 aliphatic rings. The quantitative estimate of drug-likeness (QED) is 0.821. The minimum atomic E-state index is 0.305. The summed E-state index contributed by atoms with van der Waals surface area (Å²) in [4.78, 5) is 12.0. The van der Waals surface area contributed by atoms with Crippen LogP contribution >= 0.6 is 0 Å². The Morgan fingerprint density at radius 3 is 2.79 bits per heavy atom. The molecule has 1 saturated heterocycles. The van der Waals surface area contributed by atoms with Gasteiger partial charge in [0.05, 0.1) is 6.10 Å². The van der Waals surface area contributed by atoms with Crippen LogP contribution in [0.3, 0.4) is 0 Å². The Morgan fingerprint density at radius 1 is 1.32 bits per heavy atom. The fourth-order valence-electron chi connectivity index (χ4n) is 2.63. The first-order chi connectivity index (χ1) is 9.29. The minimum absolute atomic E-state index is 0.305. The van der Waals surface area contributed by atoms with Gasteiger partial charge in [-0.3, -0.25) is 4.79 Å². The van der Waals surface area contributed by atoms with Gasteiger partial charge in [0.25, 0.3) is 0 Å². The van der Waals surface area contributed by atoms with Gasteiger partial charge in [-0.25, -0.2) is 0 Å². The van der Waals surface area contributed by atoms with E-state index in [1.165, 1.54) is 6.42 Å². The van der Waals surface area contributed by atoms with E-state index in [0.717, 1.165) is 37.0 Å². The number of nitrogens with two attached hydrogens (primary N) is 1. The molecule has 0 radical (unpaired) electrons. The number of Topliss-reactive ketones (excluding diaryl/α,β-unsaturated/α-hetero) is 1. The van der Waals surface area contributed by atoms with Gasteiger partial charge in [-0.15, -0.1) is 0 Å². The van der Waals surface area contributed by atoms with E-state index in [4.69, 9.17) is 10.5 Å². The zero-order valence-corrected chi connectivity index (χ0v) is 11.4. The molecule has 1 aromatic rings. The van der Waals surface area contributed by atoms with Crippen LogP contribution < -0.4 is 5.73 Å². The summed E-state index contributed by atoms with van der Waals surface area (Å²) in [5, 5.41) is 0. The molecule has 2 N–H and O–H groups in total. The molecule has 1 aromatic carbocycles. The normalized spacial score (nSPS) is 18.7. The van der Waals surface area contributed by atoms with E-state index in [1.807, 2.05) is 24.3 Å². The molecule has 104 valence electrons. The largest absolute Gasteiger partial charge is 0.378 e. The van der Waals surface area contributed by atoms with Gasteiger partial charge < -0.3 is 10.5 Å². The van der Waals surface area contributed by atoms with Gasteiger partial charge in [-0.1, -0.05) is 24.3 Å². The van der Waals surface area contributed by atoms with Gasteiger partial charge in [0, 0.05) is 26.0 Å². The fourth-order valence-corrected chi connectivity index (χ4v) is 2.63. The summed E-state index contributed by atoms with van der Waals surface area (Å²) in [7, 11) is 0. The molecule has 0 bridgehead atoms. The minimum Gasteiger partial charge on any atom is -0.378 e. The maximum Gasteiger partial charge on any atom is 0.137 e. The molecule has 19 heavy (non-hydrogen) atoms. The van der Waals surface area contributed by atoms with Crippen molar-refractivity contribution < 1.29 is 9.53 Å². The second kappa shape index (κ2) is 7.41. The standard InChI is InChI=1S/C16H23NO2/c17-12-14-6-2-1-5-13(14)11-15(18)7-3-8-16-9-4-10-19-16/h1-2,5-6,16H,3-4,7-12,17H2. The molecule has 0 aromatic heterocycles. The second-order valence-electron chi connectivity index (χ2n) is 5.22. The Kier molecular flexibility index (Phi) is 5.55. The van der Waals surface area contributed by atoms with E-state index in [2.05, 4.69) is 0 Å². The molecule has 3 nitrogen and oxygen atoms in total. The molecule has 0 saturated carbocycles. The maximum absolute atomic E-state index is 12.0. The molecular weight excluding hydrogens is 238 g/mol. The van der Waals surface area contributed by atoms with Gasteiger partial charge in [0.2, 0.25) is 0 Å². The van der Waals surface area contributed by atoms with E-state index in [0.29, 0.717) is 31.3 Å². The first-order valence-electron chi connectivity index (χ1n) is 7.19. The molecule has 0 amide bonds. The predicted octanol–water partition coefficient (Wildman–Crippen LogP) is 2.61. The van der Waals surface area contributed by atoms with Crippen LogP contribution in [0.4, 0.5) is 0 Å². The summed E-state index contributed by atoms with van der Waals surface area (Å²) in [6.07, 6.45) is 5.84. The highest BCUT2D eigenvalue weighted by Gasteiger charge is 2.15. The Labute approximate surface area is 115 Å².